The Morgan fingerprint density at radius 2 is 2.07 bits per heavy atom. The molecular formula is C6H9N3O4S. The molecule has 0 aliphatic heterocycles. The lowest BCUT2D eigenvalue weighted by molar-refractivity contribution is 0.0680. The fraction of sp³-hybridized carbons (Fsp3) is 0.333. The van der Waals surface area contributed by atoms with Gasteiger partial charge in [0.05, 0.1) is 5.69 Å². The van der Waals surface area contributed by atoms with Crippen molar-refractivity contribution in [2.24, 2.45) is 12.2 Å². The molecule has 0 fully saturated rings. The minimum Gasteiger partial charge on any atom is -0.476 e. The Balaban J connectivity index is 3.65. The Morgan fingerprint density at radius 1 is 1.57 bits per heavy atom. The van der Waals surface area contributed by atoms with E-state index in [0.717, 1.165) is 4.68 Å². The van der Waals surface area contributed by atoms with Crippen molar-refractivity contribution in [3.63, 3.8) is 0 Å². The molecule has 0 atom stereocenters. The molecule has 1 aromatic rings. The number of nitrogens with two attached hydrogens (primary N) is 1. The van der Waals surface area contributed by atoms with E-state index in [2.05, 4.69) is 5.10 Å². The monoisotopic (exact) mass is 219 g/mol. The van der Waals surface area contributed by atoms with Crippen LogP contribution in [0.2, 0.25) is 0 Å². The topological polar surface area (TPSA) is 115 Å². The van der Waals surface area contributed by atoms with E-state index in [4.69, 9.17) is 10.2 Å². The number of sulfonamides is 1. The zero-order valence-corrected chi connectivity index (χ0v) is 8.37. The Kier molecular flexibility index (Phi) is 2.34. The summed E-state index contributed by atoms with van der Waals surface area (Å²) in [6, 6.07) is 0. The van der Waals surface area contributed by atoms with E-state index in [0.29, 0.717) is 0 Å². The fourth-order valence-corrected chi connectivity index (χ4v) is 2.16. The van der Waals surface area contributed by atoms with Gasteiger partial charge in [0, 0.05) is 7.05 Å². The molecule has 0 aromatic carbocycles. The molecule has 1 aromatic heterocycles. The third kappa shape index (κ3) is 1.61. The molecule has 0 spiro atoms. The lowest BCUT2D eigenvalue weighted by atomic mass is 10.4. The summed E-state index contributed by atoms with van der Waals surface area (Å²) in [5.74, 6) is -1.38. The number of hydrogen-bond donors (Lipinski definition) is 2. The Labute approximate surface area is 80.2 Å². The number of carboxylic acid groups (broad SMARTS) is 1. The van der Waals surface area contributed by atoms with Crippen LogP contribution in [0.1, 0.15) is 16.2 Å². The normalized spacial score (nSPS) is 11.6. The molecule has 7 nitrogen and oxygen atoms in total. The van der Waals surface area contributed by atoms with Crippen LogP contribution in [0.15, 0.2) is 4.90 Å². The maximum absolute atomic E-state index is 11.1. The second-order valence-corrected chi connectivity index (χ2v) is 4.24. The summed E-state index contributed by atoms with van der Waals surface area (Å²) in [4.78, 5) is 10.3. The smallest absolute Gasteiger partial charge is 0.355 e. The van der Waals surface area contributed by atoms with Crippen LogP contribution in [-0.4, -0.2) is 29.3 Å². The van der Waals surface area contributed by atoms with Crippen molar-refractivity contribution >= 4 is 16.0 Å². The highest BCUT2D eigenvalue weighted by molar-refractivity contribution is 7.89. The molecular weight excluding hydrogens is 210 g/mol. The Hall–Kier alpha value is -1.41. The molecule has 0 bridgehead atoms. The summed E-state index contributed by atoms with van der Waals surface area (Å²) in [7, 11) is -2.71. The highest BCUT2D eigenvalue weighted by Gasteiger charge is 2.26. The van der Waals surface area contributed by atoms with Gasteiger partial charge >= 0.3 is 5.97 Å². The van der Waals surface area contributed by atoms with Crippen molar-refractivity contribution in [3.05, 3.63) is 11.4 Å². The van der Waals surface area contributed by atoms with Gasteiger partial charge in [0.25, 0.3) is 0 Å². The van der Waals surface area contributed by atoms with Gasteiger partial charge in [0.15, 0.2) is 5.69 Å². The average Bonchev–Trinajstić information content (AvgIpc) is 2.23. The van der Waals surface area contributed by atoms with E-state index in [9.17, 15) is 13.2 Å². The second kappa shape index (κ2) is 3.07. The van der Waals surface area contributed by atoms with E-state index < -0.39 is 26.6 Å². The zero-order chi connectivity index (χ0) is 11.1. The number of primary sulfonamides is 1. The maximum Gasteiger partial charge on any atom is 0.355 e. The molecule has 8 heteroatoms. The molecule has 0 saturated carbocycles. The Morgan fingerprint density at radius 3 is 2.36 bits per heavy atom. The first kappa shape index (κ1) is 10.7. The third-order valence-corrected chi connectivity index (χ3v) is 2.71. The van der Waals surface area contributed by atoms with Crippen LogP contribution in [0.4, 0.5) is 0 Å². The standard InChI is InChI=1S/C6H9N3O4S/c1-3-5(14(7,12)13)4(6(10)11)9(2)8-3/h1-2H3,(H,10,11)(H2,7,12,13). The molecule has 0 unspecified atom stereocenters. The number of nitrogens with zero attached hydrogens (tertiary/aromatic N) is 2. The number of carboxylic acids is 1. The molecule has 3 N–H and O–H groups in total. The first-order valence-corrected chi connectivity index (χ1v) is 5.09. The number of aryl methyl sites for hydroxylation is 2. The van der Waals surface area contributed by atoms with Crippen molar-refractivity contribution in [1.82, 2.24) is 9.78 Å². The van der Waals surface area contributed by atoms with E-state index in [1.807, 2.05) is 0 Å². The van der Waals surface area contributed by atoms with Gasteiger partial charge in [0.1, 0.15) is 4.90 Å². The summed E-state index contributed by atoms with van der Waals surface area (Å²) in [5, 5.41) is 17.3. The van der Waals surface area contributed by atoms with E-state index in [-0.39, 0.29) is 5.69 Å². The first-order valence-electron chi connectivity index (χ1n) is 3.55. The lowest BCUT2D eigenvalue weighted by Crippen LogP contribution is -2.17. The SMILES string of the molecule is Cc1nn(C)c(C(=O)O)c1S(N)(=O)=O. The van der Waals surface area contributed by atoms with Crippen molar-refractivity contribution in [1.29, 1.82) is 0 Å². The molecule has 0 radical (unpaired) electrons. The number of hydrogen-bond acceptors (Lipinski definition) is 4. The van der Waals surface area contributed by atoms with Gasteiger partial charge in [0.2, 0.25) is 10.0 Å². The molecule has 0 saturated heterocycles. The van der Waals surface area contributed by atoms with Crippen LogP contribution in [-0.2, 0) is 17.1 Å². The summed E-state index contributed by atoms with van der Waals surface area (Å²) in [5.41, 5.74) is -0.350. The minimum absolute atomic E-state index is 0.0763. The molecule has 1 rings (SSSR count). The predicted molar refractivity (Wildman–Crippen MR) is 46.3 cm³/mol. The molecule has 78 valence electrons. The van der Waals surface area contributed by atoms with Crippen LogP contribution in [0.25, 0.3) is 0 Å². The summed E-state index contributed by atoms with van der Waals surface area (Å²) >= 11 is 0. The van der Waals surface area contributed by atoms with E-state index in [1.165, 1.54) is 14.0 Å². The van der Waals surface area contributed by atoms with Crippen LogP contribution in [0, 0.1) is 6.92 Å². The van der Waals surface area contributed by atoms with E-state index >= 15 is 0 Å². The molecule has 0 aliphatic rings. The van der Waals surface area contributed by atoms with Crippen molar-refractivity contribution < 1.29 is 18.3 Å². The van der Waals surface area contributed by atoms with Crippen LogP contribution >= 0.6 is 0 Å². The van der Waals surface area contributed by atoms with Gasteiger partial charge < -0.3 is 5.11 Å². The lowest BCUT2D eigenvalue weighted by Gasteiger charge is -1.98. The van der Waals surface area contributed by atoms with Crippen LogP contribution in [0.5, 0.6) is 0 Å². The van der Waals surface area contributed by atoms with Gasteiger partial charge in [-0.05, 0) is 6.92 Å². The van der Waals surface area contributed by atoms with Gasteiger partial charge in [-0.25, -0.2) is 18.4 Å². The van der Waals surface area contributed by atoms with Crippen LogP contribution in [0.3, 0.4) is 0 Å². The molecule has 1 heterocycles. The highest BCUT2D eigenvalue weighted by Crippen LogP contribution is 2.17. The van der Waals surface area contributed by atoms with Crippen LogP contribution < -0.4 is 5.14 Å². The average molecular weight is 219 g/mol. The summed E-state index contributed by atoms with van der Waals surface area (Å²) < 4.78 is 23.1. The first-order chi connectivity index (χ1) is 6.25. The van der Waals surface area contributed by atoms with Gasteiger partial charge in [-0.1, -0.05) is 0 Å². The van der Waals surface area contributed by atoms with Crippen molar-refractivity contribution in [2.45, 2.75) is 11.8 Å². The maximum atomic E-state index is 11.1. The Bertz CT molecular complexity index is 487. The van der Waals surface area contributed by atoms with Gasteiger partial charge in [-0.3, -0.25) is 4.68 Å². The number of rotatable bonds is 2. The largest absolute Gasteiger partial charge is 0.476 e. The molecule has 0 amide bonds. The summed E-state index contributed by atoms with van der Waals surface area (Å²) in [6.07, 6.45) is 0. The van der Waals surface area contributed by atoms with Gasteiger partial charge in [-0.2, -0.15) is 5.10 Å². The second-order valence-electron chi connectivity index (χ2n) is 2.74. The number of carbonyl (C=O) groups is 1. The van der Waals surface area contributed by atoms with E-state index in [1.54, 1.807) is 0 Å². The van der Waals surface area contributed by atoms with Gasteiger partial charge in [-0.15, -0.1) is 0 Å². The molecule has 14 heavy (non-hydrogen) atoms. The fourth-order valence-electron chi connectivity index (χ4n) is 1.21. The van der Waals surface area contributed by atoms with Crippen molar-refractivity contribution in [2.75, 3.05) is 0 Å². The highest BCUT2D eigenvalue weighted by atomic mass is 32.2. The number of aromatic nitrogens is 2. The minimum atomic E-state index is -4.05. The molecule has 0 aliphatic carbocycles. The predicted octanol–water partition coefficient (Wildman–Crippen LogP) is -0.926. The quantitative estimate of drug-likeness (QED) is 0.667. The third-order valence-electron chi connectivity index (χ3n) is 1.65. The zero-order valence-electron chi connectivity index (χ0n) is 7.55. The van der Waals surface area contributed by atoms with Crippen molar-refractivity contribution in [3.8, 4) is 0 Å². The summed E-state index contributed by atoms with van der Waals surface area (Å²) in [6.45, 7) is 1.38. The number of aromatic carboxylic acids is 1.